The van der Waals surface area contributed by atoms with Crippen molar-refractivity contribution in [2.24, 2.45) is 5.92 Å². The molecule has 3 nitrogen and oxygen atoms in total. The number of rotatable bonds is 3. The molecule has 0 bridgehead atoms. The fourth-order valence-corrected chi connectivity index (χ4v) is 1.91. The number of aliphatic carboxylic acids is 1. The summed E-state index contributed by atoms with van der Waals surface area (Å²) in [5.74, 6) is -0.140. The van der Waals surface area contributed by atoms with E-state index in [-0.39, 0.29) is 6.04 Å². The molecule has 1 saturated heterocycles. The molecule has 0 saturated carbocycles. The van der Waals surface area contributed by atoms with E-state index in [9.17, 15) is 4.79 Å². The monoisotopic (exact) mass is 197 g/mol. The smallest absolute Gasteiger partial charge is 0.320 e. The van der Waals surface area contributed by atoms with Crippen molar-refractivity contribution < 1.29 is 9.90 Å². The highest BCUT2D eigenvalue weighted by Crippen LogP contribution is 2.22. The van der Waals surface area contributed by atoms with Gasteiger partial charge in [-0.3, -0.25) is 9.69 Å². The number of nitrogens with zero attached hydrogens (tertiary/aromatic N) is 1. The molecule has 14 heavy (non-hydrogen) atoms. The molecule has 1 aliphatic rings. The lowest BCUT2D eigenvalue weighted by atomic mass is 9.92. The minimum absolute atomic E-state index is 0.282. The number of allylic oxidation sites excluding steroid dienone is 1. The highest BCUT2D eigenvalue weighted by atomic mass is 16.4. The van der Waals surface area contributed by atoms with Crippen molar-refractivity contribution in [3.8, 4) is 0 Å². The van der Waals surface area contributed by atoms with Crippen LogP contribution in [0.15, 0.2) is 12.2 Å². The van der Waals surface area contributed by atoms with Crippen molar-refractivity contribution in [1.29, 1.82) is 0 Å². The van der Waals surface area contributed by atoms with Crippen molar-refractivity contribution >= 4 is 5.97 Å². The minimum atomic E-state index is -0.680. The van der Waals surface area contributed by atoms with E-state index in [1.807, 2.05) is 24.0 Å². The maximum Gasteiger partial charge on any atom is 0.320 e. The van der Waals surface area contributed by atoms with Gasteiger partial charge in [0.15, 0.2) is 0 Å². The van der Waals surface area contributed by atoms with Crippen LogP contribution in [0, 0.1) is 5.92 Å². The molecular weight excluding hydrogens is 178 g/mol. The van der Waals surface area contributed by atoms with Crippen LogP contribution in [-0.2, 0) is 4.79 Å². The van der Waals surface area contributed by atoms with E-state index in [4.69, 9.17) is 5.11 Å². The molecule has 2 unspecified atom stereocenters. The van der Waals surface area contributed by atoms with E-state index >= 15 is 0 Å². The van der Waals surface area contributed by atoms with E-state index in [1.54, 1.807) is 0 Å². The summed E-state index contributed by atoms with van der Waals surface area (Å²) in [6.07, 6.45) is 5.89. The van der Waals surface area contributed by atoms with Crippen LogP contribution in [-0.4, -0.2) is 35.1 Å². The highest BCUT2D eigenvalue weighted by Gasteiger charge is 2.30. The summed E-state index contributed by atoms with van der Waals surface area (Å²) in [7, 11) is 0. The molecule has 0 aliphatic carbocycles. The molecule has 3 heteroatoms. The van der Waals surface area contributed by atoms with Crippen LogP contribution in [0.4, 0.5) is 0 Å². The fraction of sp³-hybridized carbons (Fsp3) is 0.727. The Morgan fingerprint density at radius 3 is 2.93 bits per heavy atom. The van der Waals surface area contributed by atoms with Crippen LogP contribution in [0.1, 0.15) is 26.7 Å². The Hall–Kier alpha value is -0.830. The summed E-state index contributed by atoms with van der Waals surface area (Å²) in [5.41, 5.74) is 0. The van der Waals surface area contributed by atoms with Gasteiger partial charge in [-0.2, -0.15) is 0 Å². The molecule has 0 spiro atoms. The van der Waals surface area contributed by atoms with Gasteiger partial charge in [-0.25, -0.2) is 0 Å². The van der Waals surface area contributed by atoms with Gasteiger partial charge in [0.25, 0.3) is 0 Å². The lowest BCUT2D eigenvalue weighted by molar-refractivity contribution is -0.145. The second-order valence-electron chi connectivity index (χ2n) is 4.05. The predicted molar refractivity (Wildman–Crippen MR) is 56.2 cm³/mol. The summed E-state index contributed by atoms with van der Waals surface area (Å²) >= 11 is 0. The molecular formula is C11H19NO2. The number of carboxylic acids is 1. The van der Waals surface area contributed by atoms with Gasteiger partial charge in [-0.05, 0) is 32.2 Å². The van der Waals surface area contributed by atoms with Gasteiger partial charge in [-0.15, -0.1) is 0 Å². The van der Waals surface area contributed by atoms with E-state index < -0.39 is 5.97 Å². The topological polar surface area (TPSA) is 40.5 Å². The third-order valence-electron chi connectivity index (χ3n) is 2.84. The molecule has 80 valence electrons. The maximum atomic E-state index is 11.0. The van der Waals surface area contributed by atoms with Crippen LogP contribution >= 0.6 is 0 Å². The van der Waals surface area contributed by atoms with Crippen molar-refractivity contribution in [3.63, 3.8) is 0 Å². The second kappa shape index (κ2) is 5.15. The molecule has 0 amide bonds. The number of carboxylic acid groups (broad SMARTS) is 1. The molecule has 1 aliphatic heterocycles. The first kappa shape index (κ1) is 11.2. The van der Waals surface area contributed by atoms with Gasteiger partial charge >= 0.3 is 5.97 Å². The molecule has 0 aromatic rings. The van der Waals surface area contributed by atoms with E-state index in [1.165, 1.54) is 0 Å². The molecule has 0 aromatic carbocycles. The zero-order valence-corrected chi connectivity index (χ0v) is 8.94. The maximum absolute atomic E-state index is 11.0. The summed E-state index contributed by atoms with van der Waals surface area (Å²) in [5, 5.41) is 9.06. The largest absolute Gasteiger partial charge is 0.480 e. The number of carbonyl (C=O) groups is 1. The van der Waals surface area contributed by atoms with Gasteiger partial charge in [0.05, 0.1) is 0 Å². The van der Waals surface area contributed by atoms with Crippen molar-refractivity contribution in [2.45, 2.75) is 32.7 Å². The third kappa shape index (κ3) is 2.84. The lowest BCUT2D eigenvalue weighted by Crippen LogP contribution is -2.46. The van der Waals surface area contributed by atoms with Crippen LogP contribution in [0.2, 0.25) is 0 Å². The van der Waals surface area contributed by atoms with Crippen molar-refractivity contribution in [2.75, 3.05) is 13.1 Å². The minimum Gasteiger partial charge on any atom is -0.480 e. The molecule has 1 fully saturated rings. The first-order chi connectivity index (χ1) is 6.65. The van der Waals surface area contributed by atoms with E-state index in [0.29, 0.717) is 5.92 Å². The summed E-state index contributed by atoms with van der Waals surface area (Å²) in [6.45, 7) is 5.76. The molecule has 2 atom stereocenters. The predicted octanol–water partition coefficient (Wildman–Crippen LogP) is 1.75. The van der Waals surface area contributed by atoms with Gasteiger partial charge < -0.3 is 5.11 Å². The van der Waals surface area contributed by atoms with Crippen LogP contribution in [0.5, 0.6) is 0 Å². The standard InChI is InChI=1S/C11H19NO2/c1-3-4-6-12-7-5-9(2)8-10(12)11(13)14/h3-4,9-10H,5-8H2,1-2H3,(H,13,14)/b4-3+. The quantitative estimate of drug-likeness (QED) is 0.701. The van der Waals surface area contributed by atoms with Gasteiger partial charge in [0, 0.05) is 6.54 Å². The molecule has 0 aromatic heterocycles. The Balaban J connectivity index is 2.57. The Morgan fingerprint density at radius 1 is 1.64 bits per heavy atom. The summed E-state index contributed by atoms with van der Waals surface area (Å²) in [6, 6.07) is -0.282. The average molecular weight is 197 g/mol. The molecule has 1 heterocycles. The number of likely N-dealkylation sites (tertiary alicyclic amines) is 1. The van der Waals surface area contributed by atoms with Crippen molar-refractivity contribution in [3.05, 3.63) is 12.2 Å². The summed E-state index contributed by atoms with van der Waals surface area (Å²) < 4.78 is 0. The van der Waals surface area contributed by atoms with Crippen molar-refractivity contribution in [1.82, 2.24) is 4.90 Å². The van der Waals surface area contributed by atoms with Crippen LogP contribution in [0.3, 0.4) is 0 Å². The van der Waals surface area contributed by atoms with Gasteiger partial charge in [0.1, 0.15) is 6.04 Å². The van der Waals surface area contributed by atoms with E-state index in [2.05, 4.69) is 6.92 Å². The second-order valence-corrected chi connectivity index (χ2v) is 4.05. The van der Waals surface area contributed by atoms with Gasteiger partial charge in [-0.1, -0.05) is 19.1 Å². The Labute approximate surface area is 85.4 Å². The first-order valence-electron chi connectivity index (χ1n) is 5.23. The molecule has 1 rings (SSSR count). The zero-order valence-electron chi connectivity index (χ0n) is 8.94. The SMILES string of the molecule is C/C=C/CN1CCC(C)CC1C(=O)O. The van der Waals surface area contributed by atoms with E-state index in [0.717, 1.165) is 25.9 Å². The molecule has 1 N–H and O–H groups in total. The van der Waals surface area contributed by atoms with Crippen LogP contribution < -0.4 is 0 Å². The highest BCUT2D eigenvalue weighted by molar-refractivity contribution is 5.73. The Kier molecular flexibility index (Phi) is 4.14. The fourth-order valence-electron chi connectivity index (χ4n) is 1.91. The first-order valence-corrected chi connectivity index (χ1v) is 5.23. The Bertz CT molecular complexity index is 225. The average Bonchev–Trinajstić information content (AvgIpc) is 2.15. The summed E-state index contributed by atoms with van der Waals surface area (Å²) in [4.78, 5) is 13.1. The molecule has 0 radical (unpaired) electrons. The number of hydrogen-bond donors (Lipinski definition) is 1. The number of piperidine rings is 1. The third-order valence-corrected chi connectivity index (χ3v) is 2.84. The lowest BCUT2D eigenvalue weighted by Gasteiger charge is -2.35. The normalized spacial score (nSPS) is 29.6. The number of hydrogen-bond acceptors (Lipinski definition) is 2. The zero-order chi connectivity index (χ0) is 10.6. The Morgan fingerprint density at radius 2 is 2.36 bits per heavy atom. The van der Waals surface area contributed by atoms with Gasteiger partial charge in [0.2, 0.25) is 0 Å². The van der Waals surface area contributed by atoms with Crippen LogP contribution in [0.25, 0.3) is 0 Å².